The molecule has 4 aliphatic rings. The molecule has 1 heterocycles. The van der Waals surface area contributed by atoms with E-state index in [2.05, 4.69) is 11.9 Å². The molecule has 0 saturated heterocycles. The minimum absolute atomic E-state index is 0.164. The summed E-state index contributed by atoms with van der Waals surface area (Å²) in [5.41, 5.74) is 3.82. The first-order valence-electron chi connectivity index (χ1n) is 7.91. The molecule has 2 N–H and O–H groups in total. The van der Waals surface area contributed by atoms with Gasteiger partial charge in [0, 0.05) is 11.4 Å². The van der Waals surface area contributed by atoms with Crippen LogP contribution in [0.4, 0.5) is 0 Å². The molecule has 4 bridgehead atoms. The van der Waals surface area contributed by atoms with Crippen LogP contribution >= 0.6 is 0 Å². The third kappa shape index (κ3) is 1.55. The van der Waals surface area contributed by atoms with Crippen LogP contribution < -0.4 is 0 Å². The Bertz CT molecular complexity index is 549. The van der Waals surface area contributed by atoms with E-state index >= 15 is 0 Å². The highest BCUT2D eigenvalue weighted by Gasteiger charge is 2.53. The summed E-state index contributed by atoms with van der Waals surface area (Å²) in [6.07, 6.45) is 7.84. The average Bonchev–Trinajstić information content (AvgIpc) is 2.63. The maximum absolute atomic E-state index is 11.7. The number of H-pyrrole nitrogens is 1. The van der Waals surface area contributed by atoms with Gasteiger partial charge in [0.15, 0.2) is 0 Å². The first-order chi connectivity index (χ1) is 9.48. The third-order valence-electron chi connectivity index (χ3n) is 6.16. The van der Waals surface area contributed by atoms with Crippen molar-refractivity contribution in [3.63, 3.8) is 0 Å². The summed E-state index contributed by atoms with van der Waals surface area (Å²) in [6, 6.07) is 0. The smallest absolute Gasteiger partial charge is 0.337 e. The number of carboxylic acids is 1. The minimum atomic E-state index is -0.752. The van der Waals surface area contributed by atoms with Crippen LogP contribution in [0.3, 0.4) is 0 Å². The molecular weight excluding hydrogens is 250 g/mol. The molecule has 0 spiro atoms. The fourth-order valence-corrected chi connectivity index (χ4v) is 6.13. The van der Waals surface area contributed by atoms with Crippen LogP contribution in [0.15, 0.2) is 0 Å². The van der Waals surface area contributed by atoms with Gasteiger partial charge in [-0.3, -0.25) is 0 Å². The van der Waals surface area contributed by atoms with Crippen LogP contribution in [-0.2, 0) is 5.41 Å². The first-order valence-corrected chi connectivity index (χ1v) is 7.91. The maximum Gasteiger partial charge on any atom is 0.337 e. The van der Waals surface area contributed by atoms with Gasteiger partial charge in [-0.15, -0.1) is 0 Å². The summed E-state index contributed by atoms with van der Waals surface area (Å²) >= 11 is 0. The molecule has 0 radical (unpaired) electrons. The Labute approximate surface area is 119 Å². The number of hydrogen-bond donors (Lipinski definition) is 2. The van der Waals surface area contributed by atoms with Crippen molar-refractivity contribution in [2.24, 2.45) is 17.8 Å². The number of nitrogens with one attached hydrogen (secondary N) is 1. The quantitative estimate of drug-likeness (QED) is 0.861. The largest absolute Gasteiger partial charge is 0.478 e. The SMILES string of the molecule is Cc1[nH]c(C)c(C23CC4CC(CC(C4)C2)C3)c1C(=O)O. The van der Waals surface area contributed by atoms with Gasteiger partial charge in [-0.25, -0.2) is 4.79 Å². The van der Waals surface area contributed by atoms with E-state index < -0.39 is 5.97 Å². The van der Waals surface area contributed by atoms with Gasteiger partial charge >= 0.3 is 5.97 Å². The number of aromatic amines is 1. The molecule has 20 heavy (non-hydrogen) atoms. The van der Waals surface area contributed by atoms with Crippen molar-refractivity contribution in [2.75, 3.05) is 0 Å². The fourth-order valence-electron chi connectivity index (χ4n) is 6.13. The van der Waals surface area contributed by atoms with E-state index in [0.717, 1.165) is 34.7 Å². The van der Waals surface area contributed by atoms with Gasteiger partial charge in [0.05, 0.1) is 5.56 Å². The van der Waals surface area contributed by atoms with Crippen molar-refractivity contribution >= 4 is 5.97 Å². The summed E-state index contributed by atoms with van der Waals surface area (Å²) in [4.78, 5) is 15.0. The van der Waals surface area contributed by atoms with Crippen LogP contribution in [0.5, 0.6) is 0 Å². The molecule has 0 aliphatic heterocycles. The molecular formula is C17H23NO2. The number of aromatic carboxylic acids is 1. The molecule has 5 rings (SSSR count). The highest BCUT2D eigenvalue weighted by molar-refractivity contribution is 5.92. The lowest BCUT2D eigenvalue weighted by Gasteiger charge is -2.57. The van der Waals surface area contributed by atoms with Gasteiger partial charge in [-0.1, -0.05) is 0 Å². The lowest BCUT2D eigenvalue weighted by molar-refractivity contribution is -0.00602. The monoisotopic (exact) mass is 273 g/mol. The van der Waals surface area contributed by atoms with Crippen molar-refractivity contribution < 1.29 is 9.90 Å². The summed E-state index contributed by atoms with van der Waals surface area (Å²) in [6.45, 7) is 3.97. The number of rotatable bonds is 2. The Morgan fingerprint density at radius 2 is 1.55 bits per heavy atom. The summed E-state index contributed by atoms with van der Waals surface area (Å²) < 4.78 is 0. The van der Waals surface area contributed by atoms with Gasteiger partial charge in [0.25, 0.3) is 0 Å². The topological polar surface area (TPSA) is 53.1 Å². The minimum Gasteiger partial charge on any atom is -0.478 e. The first kappa shape index (κ1) is 12.5. The van der Waals surface area contributed by atoms with Crippen molar-refractivity contribution in [1.82, 2.24) is 4.98 Å². The Balaban J connectivity index is 1.87. The molecule has 0 atom stereocenters. The molecule has 0 aromatic carbocycles. The highest BCUT2D eigenvalue weighted by atomic mass is 16.4. The molecule has 3 nitrogen and oxygen atoms in total. The van der Waals surface area contributed by atoms with E-state index in [-0.39, 0.29) is 5.41 Å². The standard InChI is InChI=1S/C17H23NO2/c1-9-14(16(19)20)15(10(2)18-9)17-6-11-3-12(7-17)5-13(4-11)8-17/h11-13,18H,3-8H2,1-2H3,(H,19,20). The summed E-state index contributed by atoms with van der Waals surface area (Å²) in [5, 5.41) is 9.64. The Morgan fingerprint density at radius 1 is 1.05 bits per heavy atom. The van der Waals surface area contributed by atoms with Gasteiger partial charge in [0.2, 0.25) is 0 Å². The molecule has 1 aromatic rings. The molecule has 0 unspecified atom stereocenters. The van der Waals surface area contributed by atoms with Gasteiger partial charge in [0.1, 0.15) is 0 Å². The van der Waals surface area contributed by atoms with Crippen LogP contribution in [0.2, 0.25) is 0 Å². The predicted octanol–water partition coefficient (Wildman–Crippen LogP) is 3.80. The Kier molecular flexibility index (Phi) is 2.43. The molecule has 0 amide bonds. The van der Waals surface area contributed by atoms with Gasteiger partial charge in [-0.2, -0.15) is 0 Å². The lowest BCUT2D eigenvalue weighted by atomic mass is 9.47. The van der Waals surface area contributed by atoms with E-state index in [4.69, 9.17) is 0 Å². The Morgan fingerprint density at radius 3 is 2.00 bits per heavy atom. The van der Waals surface area contributed by atoms with Gasteiger partial charge in [-0.05, 0) is 81.1 Å². The van der Waals surface area contributed by atoms with Gasteiger partial charge < -0.3 is 10.1 Å². The molecule has 4 aliphatic carbocycles. The fraction of sp³-hybridized carbons (Fsp3) is 0.706. The van der Waals surface area contributed by atoms with Crippen molar-refractivity contribution in [3.05, 3.63) is 22.5 Å². The second kappa shape index (κ2) is 3.90. The summed E-state index contributed by atoms with van der Waals surface area (Å²) in [5.74, 6) is 1.78. The number of aryl methyl sites for hydroxylation is 2. The number of hydrogen-bond acceptors (Lipinski definition) is 1. The number of carboxylic acid groups (broad SMARTS) is 1. The van der Waals surface area contributed by atoms with Crippen molar-refractivity contribution in [2.45, 2.75) is 57.8 Å². The highest BCUT2D eigenvalue weighted by Crippen LogP contribution is 2.61. The second-order valence-electron chi connectivity index (χ2n) is 7.63. The second-order valence-corrected chi connectivity index (χ2v) is 7.63. The van der Waals surface area contributed by atoms with Crippen molar-refractivity contribution in [3.8, 4) is 0 Å². The van der Waals surface area contributed by atoms with Crippen LogP contribution in [0.25, 0.3) is 0 Å². The normalized spacial score (nSPS) is 38.4. The number of carbonyl (C=O) groups is 1. The average molecular weight is 273 g/mol. The van der Waals surface area contributed by atoms with Crippen molar-refractivity contribution in [1.29, 1.82) is 0 Å². The molecule has 4 saturated carbocycles. The zero-order valence-corrected chi connectivity index (χ0v) is 12.3. The van der Waals surface area contributed by atoms with E-state index in [1.165, 1.54) is 38.5 Å². The van der Waals surface area contributed by atoms with Crippen LogP contribution in [0.1, 0.15) is 65.8 Å². The maximum atomic E-state index is 11.7. The van der Waals surface area contributed by atoms with Crippen LogP contribution in [0, 0.1) is 31.6 Å². The van der Waals surface area contributed by atoms with E-state index in [0.29, 0.717) is 5.56 Å². The predicted molar refractivity (Wildman–Crippen MR) is 77.1 cm³/mol. The van der Waals surface area contributed by atoms with E-state index in [1.54, 1.807) is 0 Å². The van der Waals surface area contributed by atoms with Crippen LogP contribution in [-0.4, -0.2) is 16.1 Å². The number of aromatic nitrogens is 1. The Hall–Kier alpha value is -1.25. The zero-order valence-electron chi connectivity index (χ0n) is 12.3. The lowest BCUT2D eigenvalue weighted by Crippen LogP contribution is -2.49. The molecule has 108 valence electrons. The molecule has 3 heteroatoms. The third-order valence-corrected chi connectivity index (χ3v) is 6.16. The molecule has 1 aromatic heterocycles. The van der Waals surface area contributed by atoms with E-state index in [9.17, 15) is 9.90 Å². The summed E-state index contributed by atoms with van der Waals surface area (Å²) in [7, 11) is 0. The molecule has 4 fully saturated rings. The zero-order chi connectivity index (χ0) is 14.1. The van der Waals surface area contributed by atoms with E-state index in [1.807, 2.05) is 6.92 Å².